The number of benzene rings is 1. The van der Waals surface area contributed by atoms with Crippen LogP contribution in [0.5, 0.6) is 0 Å². The number of nitrogens with zero attached hydrogens (tertiary/aromatic N) is 2. The van der Waals surface area contributed by atoms with Gasteiger partial charge in [-0.2, -0.15) is 9.57 Å². The average molecular weight is 309 g/mol. The molecule has 0 radical (unpaired) electrons. The molecule has 0 spiro atoms. The van der Waals surface area contributed by atoms with Gasteiger partial charge in [-0.15, -0.1) is 0 Å². The minimum atomic E-state index is -3.65. The molecule has 0 fully saturated rings. The second-order valence-corrected chi connectivity index (χ2v) is 7.47. The third-order valence-corrected chi connectivity index (χ3v) is 5.44. The SMILES string of the molecule is Cc1ccc(N)c(C)c1S(=O)(=O)N(CCC#N)CC(C)C. The fourth-order valence-corrected chi connectivity index (χ4v) is 4.32. The first kappa shape index (κ1) is 17.5. The topological polar surface area (TPSA) is 87.2 Å². The van der Waals surface area contributed by atoms with Crippen LogP contribution in [0.15, 0.2) is 17.0 Å². The Bertz CT molecular complexity index is 646. The van der Waals surface area contributed by atoms with Gasteiger partial charge in [0.15, 0.2) is 0 Å². The molecular weight excluding hydrogens is 286 g/mol. The molecule has 21 heavy (non-hydrogen) atoms. The third-order valence-electron chi connectivity index (χ3n) is 3.28. The van der Waals surface area contributed by atoms with Crippen LogP contribution in [-0.4, -0.2) is 25.8 Å². The van der Waals surface area contributed by atoms with Crippen molar-refractivity contribution in [2.24, 2.45) is 5.92 Å². The fourth-order valence-electron chi connectivity index (χ4n) is 2.26. The van der Waals surface area contributed by atoms with Gasteiger partial charge in [0.25, 0.3) is 0 Å². The van der Waals surface area contributed by atoms with Gasteiger partial charge in [0, 0.05) is 25.2 Å². The zero-order chi connectivity index (χ0) is 16.2. The molecule has 0 unspecified atom stereocenters. The Morgan fingerprint density at radius 1 is 1.33 bits per heavy atom. The Balaban J connectivity index is 3.35. The highest BCUT2D eigenvalue weighted by atomic mass is 32.2. The number of nitrogens with two attached hydrogens (primary N) is 1. The normalized spacial score (nSPS) is 11.9. The molecule has 1 aromatic rings. The summed E-state index contributed by atoms with van der Waals surface area (Å²) < 4.78 is 27.2. The third kappa shape index (κ3) is 3.96. The lowest BCUT2D eigenvalue weighted by molar-refractivity contribution is 0.372. The van der Waals surface area contributed by atoms with Crippen LogP contribution in [0.1, 0.15) is 31.4 Å². The van der Waals surface area contributed by atoms with Gasteiger partial charge < -0.3 is 5.73 Å². The summed E-state index contributed by atoms with van der Waals surface area (Å²) in [5, 5.41) is 8.75. The Morgan fingerprint density at radius 3 is 2.48 bits per heavy atom. The van der Waals surface area contributed by atoms with Gasteiger partial charge in [-0.3, -0.25) is 0 Å². The summed E-state index contributed by atoms with van der Waals surface area (Å²) in [6.07, 6.45) is 0.173. The smallest absolute Gasteiger partial charge is 0.243 e. The molecule has 0 aromatic heterocycles. The van der Waals surface area contributed by atoms with E-state index in [1.165, 1.54) is 4.31 Å². The van der Waals surface area contributed by atoms with E-state index in [1.54, 1.807) is 26.0 Å². The van der Waals surface area contributed by atoms with Gasteiger partial charge in [-0.1, -0.05) is 19.9 Å². The summed E-state index contributed by atoms with van der Waals surface area (Å²) in [6.45, 7) is 7.97. The summed E-state index contributed by atoms with van der Waals surface area (Å²) >= 11 is 0. The van der Waals surface area contributed by atoms with Crippen LogP contribution >= 0.6 is 0 Å². The van der Waals surface area contributed by atoms with Crippen LogP contribution in [0.4, 0.5) is 5.69 Å². The number of rotatable bonds is 6. The predicted octanol–water partition coefficient (Wildman–Crippen LogP) is 2.45. The molecular formula is C15H23N3O2S. The second-order valence-electron chi connectivity index (χ2n) is 5.59. The maximum absolute atomic E-state index is 12.9. The van der Waals surface area contributed by atoms with Crippen molar-refractivity contribution in [3.05, 3.63) is 23.3 Å². The molecule has 0 aliphatic heterocycles. The molecule has 0 saturated heterocycles. The van der Waals surface area contributed by atoms with Crippen LogP contribution in [0.25, 0.3) is 0 Å². The first-order chi connectivity index (χ1) is 9.71. The van der Waals surface area contributed by atoms with Crippen molar-refractivity contribution < 1.29 is 8.42 Å². The molecule has 1 aromatic carbocycles. The Labute approximate surface area is 127 Å². The maximum atomic E-state index is 12.9. The monoisotopic (exact) mass is 309 g/mol. The van der Waals surface area contributed by atoms with E-state index < -0.39 is 10.0 Å². The standard InChI is InChI=1S/C15H23N3O2S/c1-11(2)10-18(9-5-8-16)21(19,20)15-12(3)6-7-14(17)13(15)4/h6-7,11H,5,9-10,17H2,1-4H3. The lowest BCUT2D eigenvalue weighted by Crippen LogP contribution is -2.35. The number of hydrogen-bond acceptors (Lipinski definition) is 4. The zero-order valence-electron chi connectivity index (χ0n) is 13.0. The summed E-state index contributed by atoms with van der Waals surface area (Å²) in [6, 6.07) is 5.43. The molecule has 0 aliphatic carbocycles. The van der Waals surface area contributed by atoms with Crippen LogP contribution in [0.3, 0.4) is 0 Å². The Hall–Kier alpha value is -1.58. The van der Waals surface area contributed by atoms with E-state index in [9.17, 15) is 8.42 Å². The molecule has 0 bridgehead atoms. The number of hydrogen-bond donors (Lipinski definition) is 1. The zero-order valence-corrected chi connectivity index (χ0v) is 13.9. The van der Waals surface area contributed by atoms with Crippen LogP contribution in [0.2, 0.25) is 0 Å². The highest BCUT2D eigenvalue weighted by Crippen LogP contribution is 2.28. The number of sulfonamides is 1. The van der Waals surface area contributed by atoms with Gasteiger partial charge in [0.1, 0.15) is 0 Å². The lowest BCUT2D eigenvalue weighted by Gasteiger charge is -2.25. The summed E-state index contributed by atoms with van der Waals surface area (Å²) in [4.78, 5) is 0.265. The van der Waals surface area contributed by atoms with Crippen molar-refractivity contribution in [3.63, 3.8) is 0 Å². The van der Waals surface area contributed by atoms with E-state index in [-0.39, 0.29) is 23.8 Å². The van der Waals surface area contributed by atoms with Crippen molar-refractivity contribution in [1.29, 1.82) is 5.26 Å². The highest BCUT2D eigenvalue weighted by Gasteiger charge is 2.28. The second kappa shape index (κ2) is 6.92. The maximum Gasteiger partial charge on any atom is 0.243 e. The van der Waals surface area contributed by atoms with Crippen LogP contribution in [-0.2, 0) is 10.0 Å². The first-order valence-electron chi connectivity index (χ1n) is 6.94. The first-order valence-corrected chi connectivity index (χ1v) is 8.38. The van der Waals surface area contributed by atoms with Gasteiger partial charge in [-0.05, 0) is 37.0 Å². The largest absolute Gasteiger partial charge is 0.398 e. The van der Waals surface area contributed by atoms with Crippen molar-refractivity contribution in [1.82, 2.24) is 4.31 Å². The van der Waals surface area contributed by atoms with Gasteiger partial charge in [0.2, 0.25) is 10.0 Å². The van der Waals surface area contributed by atoms with E-state index in [0.717, 1.165) is 0 Å². The Kier molecular flexibility index (Phi) is 5.76. The van der Waals surface area contributed by atoms with Crippen molar-refractivity contribution in [3.8, 4) is 6.07 Å². The van der Waals surface area contributed by atoms with Gasteiger partial charge in [0.05, 0.1) is 11.0 Å². The minimum absolute atomic E-state index is 0.173. The number of nitrogen functional groups attached to an aromatic ring is 1. The number of anilines is 1. The minimum Gasteiger partial charge on any atom is -0.398 e. The van der Waals surface area contributed by atoms with Crippen molar-refractivity contribution in [2.45, 2.75) is 39.0 Å². The van der Waals surface area contributed by atoms with Crippen LogP contribution < -0.4 is 5.73 Å². The molecule has 0 aliphatic rings. The molecule has 0 amide bonds. The Morgan fingerprint density at radius 2 is 1.95 bits per heavy atom. The molecule has 0 atom stereocenters. The van der Waals surface area contributed by atoms with Crippen LogP contribution in [0, 0.1) is 31.1 Å². The van der Waals surface area contributed by atoms with Crippen molar-refractivity contribution >= 4 is 15.7 Å². The number of aryl methyl sites for hydroxylation is 1. The van der Waals surface area contributed by atoms with Crippen molar-refractivity contribution in [2.75, 3.05) is 18.8 Å². The molecule has 0 saturated carbocycles. The summed E-state index contributed by atoms with van der Waals surface area (Å²) in [5.74, 6) is 0.181. The van der Waals surface area contributed by atoms with Gasteiger partial charge >= 0.3 is 0 Å². The van der Waals surface area contributed by atoms with E-state index in [1.807, 2.05) is 19.9 Å². The highest BCUT2D eigenvalue weighted by molar-refractivity contribution is 7.89. The van der Waals surface area contributed by atoms with E-state index in [0.29, 0.717) is 23.4 Å². The summed E-state index contributed by atoms with van der Waals surface area (Å²) in [7, 11) is -3.65. The molecule has 5 nitrogen and oxygen atoms in total. The molecule has 116 valence electrons. The van der Waals surface area contributed by atoms with E-state index in [2.05, 4.69) is 0 Å². The molecule has 6 heteroatoms. The van der Waals surface area contributed by atoms with E-state index in [4.69, 9.17) is 11.0 Å². The fraction of sp³-hybridized carbons (Fsp3) is 0.533. The number of nitriles is 1. The lowest BCUT2D eigenvalue weighted by atomic mass is 10.1. The molecule has 1 rings (SSSR count). The van der Waals surface area contributed by atoms with E-state index >= 15 is 0 Å². The summed E-state index contributed by atoms with van der Waals surface area (Å²) in [5.41, 5.74) is 7.56. The average Bonchev–Trinajstić information content (AvgIpc) is 2.38. The van der Waals surface area contributed by atoms with Gasteiger partial charge in [-0.25, -0.2) is 8.42 Å². The predicted molar refractivity (Wildman–Crippen MR) is 84.2 cm³/mol. The molecule has 0 heterocycles. The quantitative estimate of drug-likeness (QED) is 0.818. The molecule has 2 N–H and O–H groups in total.